The Labute approximate surface area is 77.7 Å². The van der Waals surface area contributed by atoms with E-state index in [1.807, 2.05) is 24.3 Å². The maximum atomic E-state index is 5.79. The molecule has 1 rings (SSSR count). The molecule has 1 aromatic rings. The molecule has 0 unspecified atom stereocenters. The summed E-state index contributed by atoms with van der Waals surface area (Å²) in [6.07, 6.45) is 5.08. The zero-order valence-electron chi connectivity index (χ0n) is 6.68. The molecule has 0 saturated heterocycles. The van der Waals surface area contributed by atoms with Gasteiger partial charge in [-0.25, -0.2) is 0 Å². The van der Waals surface area contributed by atoms with Gasteiger partial charge in [0.15, 0.2) is 0 Å². The van der Waals surface area contributed by atoms with Gasteiger partial charge in [-0.2, -0.15) is 0 Å². The summed E-state index contributed by atoms with van der Waals surface area (Å²) in [5.41, 5.74) is 1.15. The molecule has 0 aliphatic heterocycles. The molecule has 1 nitrogen and oxygen atoms in total. The van der Waals surface area contributed by atoms with E-state index in [2.05, 4.69) is 11.2 Å². The largest absolute Gasteiger partial charge is 0.302 e. The van der Waals surface area contributed by atoms with E-state index in [9.17, 15) is 0 Å². The molecule has 0 aliphatic rings. The van der Waals surface area contributed by atoms with Crippen molar-refractivity contribution < 1.29 is 0 Å². The van der Waals surface area contributed by atoms with Crippen molar-refractivity contribution >= 4 is 11.6 Å². The maximum Gasteiger partial charge on any atom is 0.0576 e. The second-order valence-corrected chi connectivity index (χ2v) is 2.87. The van der Waals surface area contributed by atoms with Crippen LogP contribution in [0.5, 0.6) is 0 Å². The van der Waals surface area contributed by atoms with E-state index in [-0.39, 0.29) is 0 Å². The van der Waals surface area contributed by atoms with Crippen LogP contribution in [0, 0.1) is 12.3 Å². The van der Waals surface area contributed by atoms with Gasteiger partial charge in [0.25, 0.3) is 0 Å². The van der Waals surface area contributed by atoms with Crippen molar-refractivity contribution in [2.45, 2.75) is 6.54 Å². The number of benzene rings is 1. The normalized spacial score (nSPS) is 9.33. The lowest BCUT2D eigenvalue weighted by molar-refractivity contribution is 0.770. The average molecular weight is 180 g/mol. The zero-order valence-corrected chi connectivity index (χ0v) is 7.43. The lowest BCUT2D eigenvalue weighted by Gasteiger charge is -2.00. The third-order valence-electron chi connectivity index (χ3n) is 1.45. The smallest absolute Gasteiger partial charge is 0.0576 e. The van der Waals surface area contributed by atoms with Gasteiger partial charge in [-0.1, -0.05) is 29.7 Å². The standard InChI is InChI=1S/C10H10ClN/c1-2-6-12-8-9-4-3-5-10(11)7-9/h1,3-5,7,12H,6,8H2. The van der Waals surface area contributed by atoms with Gasteiger partial charge < -0.3 is 5.32 Å². The van der Waals surface area contributed by atoms with Gasteiger partial charge >= 0.3 is 0 Å². The molecule has 0 bridgehead atoms. The van der Waals surface area contributed by atoms with Gasteiger partial charge in [-0.15, -0.1) is 6.42 Å². The van der Waals surface area contributed by atoms with Gasteiger partial charge in [0.1, 0.15) is 0 Å². The second kappa shape index (κ2) is 4.82. The van der Waals surface area contributed by atoms with Crippen LogP contribution < -0.4 is 5.32 Å². The van der Waals surface area contributed by atoms with Crippen LogP contribution in [0.1, 0.15) is 5.56 Å². The summed E-state index contributed by atoms with van der Waals surface area (Å²) in [5, 5.41) is 3.84. The first kappa shape index (κ1) is 9.12. The average Bonchev–Trinajstić information content (AvgIpc) is 2.05. The Hall–Kier alpha value is -0.970. The van der Waals surface area contributed by atoms with Gasteiger partial charge in [0, 0.05) is 11.6 Å². The molecule has 0 radical (unpaired) electrons. The van der Waals surface area contributed by atoms with Crippen molar-refractivity contribution in [3.8, 4) is 12.3 Å². The number of hydrogen-bond acceptors (Lipinski definition) is 1. The van der Waals surface area contributed by atoms with Crippen molar-refractivity contribution in [3.63, 3.8) is 0 Å². The SMILES string of the molecule is C#CCNCc1cccc(Cl)c1. The third-order valence-corrected chi connectivity index (χ3v) is 1.68. The van der Waals surface area contributed by atoms with Crippen molar-refractivity contribution in [1.29, 1.82) is 0 Å². The fraction of sp³-hybridized carbons (Fsp3) is 0.200. The summed E-state index contributed by atoms with van der Waals surface area (Å²) in [6.45, 7) is 1.36. The van der Waals surface area contributed by atoms with Crippen molar-refractivity contribution in [1.82, 2.24) is 5.32 Å². The van der Waals surface area contributed by atoms with Gasteiger partial charge in [-0.3, -0.25) is 0 Å². The molecule has 0 amide bonds. The van der Waals surface area contributed by atoms with Gasteiger partial charge in [0.05, 0.1) is 6.54 Å². The molecule has 0 heterocycles. The van der Waals surface area contributed by atoms with Crippen LogP contribution in [0.4, 0.5) is 0 Å². The molecule has 1 aromatic carbocycles. The summed E-state index contributed by atoms with van der Waals surface area (Å²) < 4.78 is 0. The Bertz CT molecular complexity index is 288. The van der Waals surface area contributed by atoms with Crippen molar-refractivity contribution in [2.24, 2.45) is 0 Å². The van der Waals surface area contributed by atoms with E-state index in [1.54, 1.807) is 0 Å². The number of halogens is 1. The summed E-state index contributed by atoms with van der Waals surface area (Å²) in [4.78, 5) is 0. The minimum atomic E-state index is 0.590. The van der Waals surface area contributed by atoms with Crippen molar-refractivity contribution in [3.05, 3.63) is 34.9 Å². The zero-order chi connectivity index (χ0) is 8.81. The number of nitrogens with one attached hydrogen (secondary N) is 1. The fourth-order valence-electron chi connectivity index (χ4n) is 0.926. The number of hydrogen-bond donors (Lipinski definition) is 1. The van der Waals surface area contributed by atoms with Crippen LogP contribution >= 0.6 is 11.6 Å². The molecular weight excluding hydrogens is 170 g/mol. The van der Waals surface area contributed by atoms with Gasteiger partial charge in [-0.05, 0) is 17.7 Å². The van der Waals surface area contributed by atoms with Crippen LogP contribution in [-0.4, -0.2) is 6.54 Å². The molecule has 0 saturated carbocycles. The van der Waals surface area contributed by atoms with E-state index in [1.165, 1.54) is 0 Å². The number of rotatable bonds is 3. The molecule has 0 fully saturated rings. The van der Waals surface area contributed by atoms with E-state index >= 15 is 0 Å². The predicted molar refractivity (Wildman–Crippen MR) is 52.0 cm³/mol. The predicted octanol–water partition coefficient (Wildman–Crippen LogP) is 2.06. The van der Waals surface area contributed by atoms with Crippen molar-refractivity contribution in [2.75, 3.05) is 6.54 Å². The second-order valence-electron chi connectivity index (χ2n) is 2.44. The highest BCUT2D eigenvalue weighted by atomic mass is 35.5. The molecule has 12 heavy (non-hydrogen) atoms. The highest BCUT2D eigenvalue weighted by Crippen LogP contribution is 2.09. The fourth-order valence-corrected chi connectivity index (χ4v) is 1.14. The third kappa shape index (κ3) is 2.96. The molecule has 2 heteroatoms. The lowest BCUT2D eigenvalue weighted by atomic mass is 10.2. The lowest BCUT2D eigenvalue weighted by Crippen LogP contribution is -2.12. The Kier molecular flexibility index (Phi) is 3.66. The minimum absolute atomic E-state index is 0.590. The Morgan fingerprint density at radius 1 is 1.50 bits per heavy atom. The number of terminal acetylenes is 1. The van der Waals surface area contributed by atoms with E-state index in [0.717, 1.165) is 17.1 Å². The highest BCUT2D eigenvalue weighted by molar-refractivity contribution is 6.30. The van der Waals surface area contributed by atoms with E-state index in [4.69, 9.17) is 18.0 Å². The molecule has 0 atom stereocenters. The minimum Gasteiger partial charge on any atom is -0.302 e. The Balaban J connectivity index is 2.48. The molecular formula is C10H10ClN. The summed E-state index contributed by atoms with van der Waals surface area (Å²) in [5.74, 6) is 2.51. The van der Waals surface area contributed by atoms with E-state index < -0.39 is 0 Å². The monoisotopic (exact) mass is 179 g/mol. The molecule has 0 aliphatic carbocycles. The van der Waals surface area contributed by atoms with Crippen LogP contribution in [0.15, 0.2) is 24.3 Å². The van der Waals surface area contributed by atoms with Crippen LogP contribution in [0.2, 0.25) is 5.02 Å². The first-order valence-electron chi connectivity index (χ1n) is 3.71. The molecule has 0 spiro atoms. The molecule has 1 N–H and O–H groups in total. The topological polar surface area (TPSA) is 12.0 Å². The summed E-state index contributed by atoms with van der Waals surface area (Å²) >= 11 is 5.79. The van der Waals surface area contributed by atoms with E-state index in [0.29, 0.717) is 6.54 Å². The Morgan fingerprint density at radius 2 is 2.33 bits per heavy atom. The van der Waals surface area contributed by atoms with Gasteiger partial charge in [0.2, 0.25) is 0 Å². The van der Waals surface area contributed by atoms with Crippen LogP contribution in [0.3, 0.4) is 0 Å². The summed E-state index contributed by atoms with van der Waals surface area (Å²) in [7, 11) is 0. The Morgan fingerprint density at radius 3 is 3.00 bits per heavy atom. The maximum absolute atomic E-state index is 5.79. The molecule has 0 aromatic heterocycles. The summed E-state index contributed by atoms with van der Waals surface area (Å²) in [6, 6.07) is 7.71. The highest BCUT2D eigenvalue weighted by Gasteiger charge is 1.91. The first-order valence-corrected chi connectivity index (χ1v) is 4.09. The first-order chi connectivity index (χ1) is 5.83. The van der Waals surface area contributed by atoms with Crippen LogP contribution in [0.25, 0.3) is 0 Å². The molecule has 62 valence electrons. The quantitative estimate of drug-likeness (QED) is 0.554. The van der Waals surface area contributed by atoms with Crippen LogP contribution in [-0.2, 0) is 6.54 Å².